The summed E-state index contributed by atoms with van der Waals surface area (Å²) >= 11 is 0. The molecule has 1 aliphatic carbocycles. The summed E-state index contributed by atoms with van der Waals surface area (Å²) in [5, 5.41) is 9.16. The van der Waals surface area contributed by atoms with Crippen LogP contribution < -0.4 is 0 Å². The Morgan fingerprint density at radius 2 is 2.16 bits per heavy atom. The summed E-state index contributed by atoms with van der Waals surface area (Å²) < 4.78 is 5.16. The van der Waals surface area contributed by atoms with Gasteiger partial charge in [0.15, 0.2) is 6.04 Å². The maximum atomic E-state index is 12.5. The summed E-state index contributed by atoms with van der Waals surface area (Å²) in [6.07, 6.45) is 3.59. The lowest BCUT2D eigenvalue weighted by atomic mass is 9.85. The lowest BCUT2D eigenvalue weighted by Crippen LogP contribution is -2.57. The predicted molar refractivity (Wildman–Crippen MR) is 68.9 cm³/mol. The van der Waals surface area contributed by atoms with Crippen LogP contribution in [-0.2, 0) is 9.53 Å². The van der Waals surface area contributed by atoms with Crippen LogP contribution in [0.1, 0.15) is 26.2 Å². The molecule has 2 fully saturated rings. The lowest BCUT2D eigenvalue weighted by molar-refractivity contribution is -0.147. The number of rotatable bonds is 4. The Hall–Kier alpha value is -1.30. The number of hydrogen-bond acceptors (Lipinski definition) is 3. The summed E-state index contributed by atoms with van der Waals surface area (Å²) in [4.78, 5) is 26.8. The number of carboxylic acid groups (broad SMARTS) is 1. The molecule has 0 aromatic rings. The first-order valence-corrected chi connectivity index (χ1v) is 6.99. The van der Waals surface area contributed by atoms with Crippen LogP contribution in [0.15, 0.2) is 0 Å². The average Bonchev–Trinajstić information content (AvgIpc) is 2.37. The molecule has 6 heteroatoms. The van der Waals surface area contributed by atoms with Gasteiger partial charge in [-0.15, -0.1) is 0 Å². The van der Waals surface area contributed by atoms with Gasteiger partial charge in [0.2, 0.25) is 0 Å². The minimum Gasteiger partial charge on any atom is -0.480 e. The quantitative estimate of drug-likeness (QED) is 0.828. The zero-order valence-electron chi connectivity index (χ0n) is 11.4. The highest BCUT2D eigenvalue weighted by Crippen LogP contribution is 2.27. The Morgan fingerprint density at radius 3 is 2.68 bits per heavy atom. The smallest absolute Gasteiger partial charge is 0.328 e. The first-order chi connectivity index (χ1) is 9.13. The van der Waals surface area contributed by atoms with Crippen molar-refractivity contribution >= 4 is 12.0 Å². The molecular formula is C13H22N2O4. The Balaban J connectivity index is 1.99. The van der Waals surface area contributed by atoms with Crippen molar-refractivity contribution in [3.8, 4) is 0 Å². The molecule has 19 heavy (non-hydrogen) atoms. The van der Waals surface area contributed by atoms with Crippen molar-refractivity contribution in [1.29, 1.82) is 0 Å². The molecule has 1 aliphatic heterocycles. The normalized spacial score (nSPS) is 23.8. The highest BCUT2D eigenvalue weighted by atomic mass is 16.5. The van der Waals surface area contributed by atoms with Crippen LogP contribution in [0.25, 0.3) is 0 Å². The third kappa shape index (κ3) is 3.18. The number of hydrogen-bond donors (Lipinski definition) is 1. The van der Waals surface area contributed by atoms with Gasteiger partial charge in [-0.2, -0.15) is 0 Å². The zero-order chi connectivity index (χ0) is 13.8. The number of urea groups is 1. The Kier molecular flexibility index (Phi) is 4.63. The van der Waals surface area contributed by atoms with E-state index in [9.17, 15) is 9.59 Å². The summed E-state index contributed by atoms with van der Waals surface area (Å²) in [6, 6.07) is -1.01. The molecule has 0 aromatic heterocycles. The number of carboxylic acids is 1. The van der Waals surface area contributed by atoms with Gasteiger partial charge in [0.05, 0.1) is 13.2 Å². The van der Waals surface area contributed by atoms with E-state index >= 15 is 0 Å². The molecular weight excluding hydrogens is 248 g/mol. The lowest BCUT2D eigenvalue weighted by Gasteiger charge is -2.38. The fourth-order valence-electron chi connectivity index (χ4n) is 2.55. The molecule has 0 radical (unpaired) electrons. The molecule has 1 atom stereocenters. The molecule has 2 amide bonds. The van der Waals surface area contributed by atoms with E-state index in [1.165, 1.54) is 24.2 Å². The average molecular weight is 270 g/mol. The molecule has 1 saturated heterocycles. The molecule has 1 unspecified atom stereocenters. The Labute approximate surface area is 113 Å². The van der Waals surface area contributed by atoms with Crippen molar-refractivity contribution in [1.82, 2.24) is 9.80 Å². The van der Waals surface area contributed by atoms with E-state index in [0.29, 0.717) is 25.6 Å². The molecule has 0 bridgehead atoms. The number of carbonyl (C=O) groups is 2. The van der Waals surface area contributed by atoms with Crippen molar-refractivity contribution in [2.45, 2.75) is 32.2 Å². The third-order valence-corrected chi connectivity index (χ3v) is 4.01. The van der Waals surface area contributed by atoms with Gasteiger partial charge in [0.1, 0.15) is 0 Å². The van der Waals surface area contributed by atoms with E-state index in [1.54, 1.807) is 4.90 Å². The first-order valence-electron chi connectivity index (χ1n) is 6.99. The summed E-state index contributed by atoms with van der Waals surface area (Å²) in [6.45, 7) is 4.17. The highest BCUT2D eigenvalue weighted by molar-refractivity contribution is 5.83. The minimum atomic E-state index is -0.993. The van der Waals surface area contributed by atoms with Crippen molar-refractivity contribution in [3.05, 3.63) is 0 Å². The molecule has 1 N–H and O–H groups in total. The fourth-order valence-corrected chi connectivity index (χ4v) is 2.55. The Bertz CT molecular complexity index is 344. The van der Waals surface area contributed by atoms with Gasteiger partial charge in [-0.3, -0.25) is 0 Å². The molecule has 0 spiro atoms. The number of ether oxygens (including phenoxy) is 1. The summed E-state index contributed by atoms with van der Waals surface area (Å²) in [5.41, 5.74) is 0. The maximum Gasteiger partial charge on any atom is 0.328 e. The van der Waals surface area contributed by atoms with Crippen molar-refractivity contribution in [2.75, 3.05) is 32.8 Å². The largest absolute Gasteiger partial charge is 0.480 e. The number of morpholine rings is 1. The standard InChI is InChI=1S/C13H22N2O4/c1-2-14(8-10-4-3-5-10)13(18)15-6-7-19-9-11(15)12(16)17/h10-11H,2-9H2,1H3,(H,16,17). The summed E-state index contributed by atoms with van der Waals surface area (Å²) in [5.74, 6) is -0.402. The SMILES string of the molecule is CCN(CC1CCC1)C(=O)N1CCOCC1C(=O)O. The van der Waals surface area contributed by atoms with Crippen LogP contribution in [0.2, 0.25) is 0 Å². The van der Waals surface area contributed by atoms with Crippen molar-refractivity contribution in [2.24, 2.45) is 5.92 Å². The number of amides is 2. The fraction of sp³-hybridized carbons (Fsp3) is 0.846. The second-order valence-electron chi connectivity index (χ2n) is 5.24. The van der Waals surface area contributed by atoms with E-state index in [2.05, 4.69) is 0 Å². The van der Waals surface area contributed by atoms with Crippen molar-refractivity contribution < 1.29 is 19.4 Å². The second kappa shape index (κ2) is 6.23. The van der Waals surface area contributed by atoms with Gasteiger partial charge in [0, 0.05) is 19.6 Å². The van der Waals surface area contributed by atoms with Gasteiger partial charge < -0.3 is 19.6 Å². The van der Waals surface area contributed by atoms with Crippen molar-refractivity contribution in [3.63, 3.8) is 0 Å². The van der Waals surface area contributed by atoms with E-state index in [4.69, 9.17) is 9.84 Å². The molecule has 1 saturated carbocycles. The number of nitrogens with zero attached hydrogens (tertiary/aromatic N) is 2. The van der Waals surface area contributed by atoms with Gasteiger partial charge in [-0.05, 0) is 25.7 Å². The zero-order valence-corrected chi connectivity index (χ0v) is 11.4. The van der Waals surface area contributed by atoms with E-state index < -0.39 is 12.0 Å². The van der Waals surface area contributed by atoms with E-state index in [1.807, 2.05) is 6.92 Å². The highest BCUT2D eigenvalue weighted by Gasteiger charge is 2.35. The second-order valence-corrected chi connectivity index (χ2v) is 5.24. The Morgan fingerprint density at radius 1 is 1.42 bits per heavy atom. The van der Waals surface area contributed by atoms with Gasteiger partial charge in [0.25, 0.3) is 0 Å². The van der Waals surface area contributed by atoms with Crippen LogP contribution in [0.5, 0.6) is 0 Å². The van der Waals surface area contributed by atoms with Gasteiger partial charge in [-0.25, -0.2) is 9.59 Å². The topological polar surface area (TPSA) is 70.1 Å². The van der Waals surface area contributed by atoms with Crippen LogP contribution in [0, 0.1) is 5.92 Å². The molecule has 1 heterocycles. The summed E-state index contributed by atoms with van der Waals surface area (Å²) in [7, 11) is 0. The minimum absolute atomic E-state index is 0.0854. The molecule has 0 aromatic carbocycles. The van der Waals surface area contributed by atoms with E-state index in [-0.39, 0.29) is 12.6 Å². The number of carbonyl (C=O) groups excluding carboxylic acids is 1. The van der Waals surface area contributed by atoms with Gasteiger partial charge in [-0.1, -0.05) is 6.42 Å². The predicted octanol–water partition coefficient (Wildman–Crippen LogP) is 1.01. The van der Waals surface area contributed by atoms with Crippen LogP contribution in [0.4, 0.5) is 4.79 Å². The van der Waals surface area contributed by atoms with Crippen LogP contribution in [0.3, 0.4) is 0 Å². The third-order valence-electron chi connectivity index (χ3n) is 4.01. The molecule has 2 aliphatic rings. The van der Waals surface area contributed by atoms with Crippen LogP contribution >= 0.6 is 0 Å². The number of aliphatic carboxylic acids is 1. The monoisotopic (exact) mass is 270 g/mol. The maximum absolute atomic E-state index is 12.5. The molecule has 108 valence electrons. The van der Waals surface area contributed by atoms with E-state index in [0.717, 1.165) is 6.54 Å². The van der Waals surface area contributed by atoms with Gasteiger partial charge >= 0.3 is 12.0 Å². The van der Waals surface area contributed by atoms with Crippen LogP contribution in [-0.4, -0.2) is 65.8 Å². The first kappa shape index (κ1) is 14.1. The molecule has 6 nitrogen and oxygen atoms in total. The molecule has 2 rings (SSSR count).